The summed E-state index contributed by atoms with van der Waals surface area (Å²) in [6.07, 6.45) is 11.0. The normalized spacial score (nSPS) is 27.6. The van der Waals surface area contributed by atoms with Crippen molar-refractivity contribution in [2.45, 2.75) is 45.4 Å². The first-order valence-electron chi connectivity index (χ1n) is 6.58. The minimum atomic E-state index is 0.958. The summed E-state index contributed by atoms with van der Waals surface area (Å²) in [6.45, 7) is 4.61. The zero-order valence-electron chi connectivity index (χ0n) is 10.4. The van der Waals surface area contributed by atoms with E-state index in [0.29, 0.717) is 0 Å². The lowest BCUT2D eigenvalue weighted by Gasteiger charge is -2.25. The summed E-state index contributed by atoms with van der Waals surface area (Å²) in [5.74, 6) is 3.31. The largest absolute Gasteiger partial charge is 0.317 e. The van der Waals surface area contributed by atoms with Crippen LogP contribution in [0.25, 0.3) is 0 Å². The van der Waals surface area contributed by atoms with E-state index in [1.54, 1.807) is 0 Å². The molecular formula is C13H27NS. The van der Waals surface area contributed by atoms with Gasteiger partial charge in [-0.3, -0.25) is 0 Å². The van der Waals surface area contributed by atoms with Gasteiger partial charge >= 0.3 is 0 Å². The average molecular weight is 229 g/mol. The summed E-state index contributed by atoms with van der Waals surface area (Å²) >= 11 is 2.01. The highest BCUT2D eigenvalue weighted by molar-refractivity contribution is 7.98. The van der Waals surface area contributed by atoms with E-state index < -0.39 is 0 Å². The second-order valence-corrected chi connectivity index (χ2v) is 5.73. The van der Waals surface area contributed by atoms with Gasteiger partial charge in [0.25, 0.3) is 0 Å². The molecule has 0 radical (unpaired) electrons. The van der Waals surface area contributed by atoms with Crippen molar-refractivity contribution in [2.24, 2.45) is 11.8 Å². The van der Waals surface area contributed by atoms with Crippen LogP contribution in [0.15, 0.2) is 0 Å². The second-order valence-electron chi connectivity index (χ2n) is 4.75. The molecule has 1 rings (SSSR count). The van der Waals surface area contributed by atoms with Gasteiger partial charge in [0.15, 0.2) is 0 Å². The molecule has 0 heterocycles. The van der Waals surface area contributed by atoms with Gasteiger partial charge in [-0.15, -0.1) is 0 Å². The van der Waals surface area contributed by atoms with E-state index in [-0.39, 0.29) is 0 Å². The molecule has 2 heteroatoms. The third-order valence-electron chi connectivity index (χ3n) is 3.67. The highest BCUT2D eigenvalue weighted by atomic mass is 32.2. The molecule has 1 saturated carbocycles. The molecule has 0 bridgehead atoms. The number of rotatable bonds is 6. The summed E-state index contributed by atoms with van der Waals surface area (Å²) in [5, 5.41) is 3.55. The van der Waals surface area contributed by atoms with Gasteiger partial charge in [-0.2, -0.15) is 11.8 Å². The fourth-order valence-electron chi connectivity index (χ4n) is 2.71. The maximum absolute atomic E-state index is 3.55. The molecule has 2 unspecified atom stereocenters. The third-order valence-corrected chi connectivity index (χ3v) is 4.31. The molecular weight excluding hydrogens is 202 g/mol. The van der Waals surface area contributed by atoms with E-state index in [1.807, 2.05) is 11.8 Å². The van der Waals surface area contributed by atoms with Crippen LogP contribution in [-0.4, -0.2) is 25.1 Å². The molecule has 0 spiro atoms. The van der Waals surface area contributed by atoms with Gasteiger partial charge in [-0.25, -0.2) is 0 Å². The Bertz CT molecular complexity index is 133. The minimum Gasteiger partial charge on any atom is -0.317 e. The predicted molar refractivity (Wildman–Crippen MR) is 71.6 cm³/mol. The maximum atomic E-state index is 3.55. The number of hydrogen-bond donors (Lipinski definition) is 1. The first-order chi connectivity index (χ1) is 7.38. The zero-order valence-corrected chi connectivity index (χ0v) is 11.2. The van der Waals surface area contributed by atoms with Crippen molar-refractivity contribution in [2.75, 3.05) is 25.1 Å². The van der Waals surface area contributed by atoms with Crippen molar-refractivity contribution < 1.29 is 0 Å². The fraction of sp³-hybridized carbons (Fsp3) is 1.00. The smallest absolute Gasteiger partial charge is 0.00180 e. The SMILES string of the molecule is CCNCC1CCCCCC1CCSC. The molecule has 0 aromatic heterocycles. The Balaban J connectivity index is 2.35. The molecule has 1 N–H and O–H groups in total. The standard InChI is InChI=1S/C13H27NS/c1-3-14-11-13-8-6-4-5-7-12(13)9-10-15-2/h12-14H,3-11H2,1-2H3. The van der Waals surface area contributed by atoms with Gasteiger partial charge < -0.3 is 5.32 Å². The van der Waals surface area contributed by atoms with Gasteiger partial charge in [-0.05, 0) is 49.8 Å². The van der Waals surface area contributed by atoms with Crippen molar-refractivity contribution in [3.05, 3.63) is 0 Å². The lowest BCUT2D eigenvalue weighted by molar-refractivity contribution is 0.295. The van der Waals surface area contributed by atoms with Crippen LogP contribution in [-0.2, 0) is 0 Å². The van der Waals surface area contributed by atoms with Gasteiger partial charge in [0.05, 0.1) is 0 Å². The van der Waals surface area contributed by atoms with E-state index in [1.165, 1.54) is 50.8 Å². The monoisotopic (exact) mass is 229 g/mol. The lowest BCUT2D eigenvalue weighted by atomic mass is 9.86. The van der Waals surface area contributed by atoms with Crippen LogP contribution < -0.4 is 5.32 Å². The molecule has 2 atom stereocenters. The van der Waals surface area contributed by atoms with Crippen LogP contribution in [0.5, 0.6) is 0 Å². The summed E-state index contributed by atoms with van der Waals surface area (Å²) < 4.78 is 0. The Morgan fingerprint density at radius 1 is 1.13 bits per heavy atom. The second kappa shape index (κ2) is 8.46. The van der Waals surface area contributed by atoms with E-state index in [9.17, 15) is 0 Å². The molecule has 1 fully saturated rings. The highest BCUT2D eigenvalue weighted by Crippen LogP contribution is 2.31. The van der Waals surface area contributed by atoms with Gasteiger partial charge in [0.2, 0.25) is 0 Å². The zero-order chi connectivity index (χ0) is 10.9. The van der Waals surface area contributed by atoms with Crippen molar-refractivity contribution >= 4 is 11.8 Å². The molecule has 0 aromatic rings. The molecule has 0 saturated heterocycles. The van der Waals surface area contributed by atoms with Crippen molar-refractivity contribution in [3.8, 4) is 0 Å². The number of hydrogen-bond acceptors (Lipinski definition) is 2. The average Bonchev–Trinajstić information content (AvgIpc) is 2.48. The van der Waals surface area contributed by atoms with Gasteiger partial charge in [-0.1, -0.05) is 32.6 Å². The molecule has 1 nitrogen and oxygen atoms in total. The minimum absolute atomic E-state index is 0.958. The quantitative estimate of drug-likeness (QED) is 0.699. The van der Waals surface area contributed by atoms with Crippen LogP contribution in [0.1, 0.15) is 45.4 Å². The highest BCUT2D eigenvalue weighted by Gasteiger charge is 2.22. The molecule has 0 aromatic carbocycles. The van der Waals surface area contributed by atoms with Crippen molar-refractivity contribution in [3.63, 3.8) is 0 Å². The summed E-state index contributed by atoms with van der Waals surface area (Å²) in [7, 11) is 0. The molecule has 90 valence electrons. The topological polar surface area (TPSA) is 12.0 Å². The fourth-order valence-corrected chi connectivity index (χ4v) is 3.25. The Kier molecular flexibility index (Phi) is 7.54. The molecule has 0 aliphatic heterocycles. The Morgan fingerprint density at radius 3 is 2.53 bits per heavy atom. The lowest BCUT2D eigenvalue weighted by Crippen LogP contribution is -2.28. The van der Waals surface area contributed by atoms with Gasteiger partial charge in [0.1, 0.15) is 0 Å². The molecule has 15 heavy (non-hydrogen) atoms. The van der Waals surface area contributed by atoms with E-state index in [2.05, 4.69) is 18.5 Å². The molecule has 0 amide bonds. The van der Waals surface area contributed by atoms with Crippen LogP contribution in [0, 0.1) is 11.8 Å². The summed E-state index contributed by atoms with van der Waals surface area (Å²) in [6, 6.07) is 0. The Morgan fingerprint density at radius 2 is 1.87 bits per heavy atom. The van der Waals surface area contributed by atoms with Crippen LogP contribution in [0.3, 0.4) is 0 Å². The Hall–Kier alpha value is 0.310. The number of thioether (sulfide) groups is 1. The van der Waals surface area contributed by atoms with Crippen LogP contribution in [0.4, 0.5) is 0 Å². The van der Waals surface area contributed by atoms with Crippen molar-refractivity contribution in [1.82, 2.24) is 5.32 Å². The van der Waals surface area contributed by atoms with Crippen molar-refractivity contribution in [1.29, 1.82) is 0 Å². The van der Waals surface area contributed by atoms with E-state index in [0.717, 1.165) is 18.4 Å². The van der Waals surface area contributed by atoms with E-state index >= 15 is 0 Å². The Labute approximate surface area is 99.8 Å². The first-order valence-corrected chi connectivity index (χ1v) is 7.97. The van der Waals surface area contributed by atoms with E-state index in [4.69, 9.17) is 0 Å². The van der Waals surface area contributed by atoms with Gasteiger partial charge in [0, 0.05) is 0 Å². The molecule has 1 aliphatic carbocycles. The van der Waals surface area contributed by atoms with Crippen LogP contribution in [0.2, 0.25) is 0 Å². The number of nitrogens with one attached hydrogen (secondary N) is 1. The third kappa shape index (κ3) is 5.26. The maximum Gasteiger partial charge on any atom is -0.00180 e. The first kappa shape index (κ1) is 13.4. The predicted octanol–water partition coefficient (Wildman–Crippen LogP) is 3.55. The van der Waals surface area contributed by atoms with Crippen LogP contribution >= 0.6 is 11.8 Å². The molecule has 1 aliphatic rings. The summed E-state index contributed by atoms with van der Waals surface area (Å²) in [5.41, 5.74) is 0. The summed E-state index contributed by atoms with van der Waals surface area (Å²) in [4.78, 5) is 0.